The quantitative estimate of drug-likeness (QED) is 0.668. The molecule has 0 bridgehead atoms. The second kappa shape index (κ2) is 5.41. The summed E-state index contributed by atoms with van der Waals surface area (Å²) < 4.78 is 0. The molecule has 0 fully saturated rings. The first kappa shape index (κ1) is 11.6. The number of nitrogens with zero attached hydrogens (tertiary/aromatic N) is 1. The highest BCUT2D eigenvalue weighted by atomic mass is 35.5. The van der Waals surface area contributed by atoms with E-state index in [2.05, 4.69) is 15.6 Å². The van der Waals surface area contributed by atoms with Gasteiger partial charge in [0.15, 0.2) is 0 Å². The molecule has 0 spiro atoms. The van der Waals surface area contributed by atoms with E-state index in [4.69, 9.17) is 17.3 Å². The molecule has 1 aromatic rings. The topological polar surface area (TPSA) is 80.0 Å². The lowest BCUT2D eigenvalue weighted by Gasteiger charge is -2.08. The van der Waals surface area contributed by atoms with Crippen molar-refractivity contribution >= 4 is 29.0 Å². The van der Waals surface area contributed by atoms with Crippen LogP contribution in [0.25, 0.3) is 0 Å². The Morgan fingerprint density at radius 3 is 2.93 bits per heavy atom. The highest BCUT2D eigenvalue weighted by Gasteiger charge is 2.00. The number of hydrogen-bond donors (Lipinski definition) is 3. The van der Waals surface area contributed by atoms with Crippen LogP contribution < -0.4 is 16.4 Å². The second-order valence-corrected chi connectivity index (χ2v) is 3.44. The van der Waals surface area contributed by atoms with Crippen LogP contribution in [-0.2, 0) is 4.79 Å². The van der Waals surface area contributed by atoms with Gasteiger partial charge in [-0.05, 0) is 6.07 Å². The van der Waals surface area contributed by atoms with Gasteiger partial charge in [0.1, 0.15) is 5.82 Å². The number of anilines is 2. The van der Waals surface area contributed by atoms with Crippen LogP contribution in [0.3, 0.4) is 0 Å². The molecule has 0 aliphatic rings. The number of hydrogen-bond acceptors (Lipinski definition) is 4. The second-order valence-electron chi connectivity index (χ2n) is 3.00. The van der Waals surface area contributed by atoms with E-state index in [9.17, 15) is 4.79 Å². The van der Waals surface area contributed by atoms with Crippen molar-refractivity contribution in [3.63, 3.8) is 0 Å². The number of nitrogen functional groups attached to an aromatic ring is 1. The SMILES string of the molecule is CC(=O)NCCNc1ncc(Cl)cc1N. The van der Waals surface area contributed by atoms with Crippen molar-refractivity contribution in [1.82, 2.24) is 10.3 Å². The lowest BCUT2D eigenvalue weighted by atomic mass is 10.4. The fourth-order valence-corrected chi connectivity index (χ4v) is 1.19. The Morgan fingerprint density at radius 1 is 1.60 bits per heavy atom. The summed E-state index contributed by atoms with van der Waals surface area (Å²) in [6.45, 7) is 2.56. The molecule has 4 N–H and O–H groups in total. The van der Waals surface area contributed by atoms with Crippen LogP contribution in [0.4, 0.5) is 11.5 Å². The van der Waals surface area contributed by atoms with Gasteiger partial charge in [0, 0.05) is 26.2 Å². The Bertz CT molecular complexity index is 356. The third-order valence-electron chi connectivity index (χ3n) is 1.68. The smallest absolute Gasteiger partial charge is 0.216 e. The third-order valence-corrected chi connectivity index (χ3v) is 1.88. The highest BCUT2D eigenvalue weighted by Crippen LogP contribution is 2.18. The van der Waals surface area contributed by atoms with Gasteiger partial charge in [-0.1, -0.05) is 11.6 Å². The van der Waals surface area contributed by atoms with Crippen LogP contribution in [0, 0.1) is 0 Å². The molecule has 82 valence electrons. The summed E-state index contributed by atoms with van der Waals surface area (Å²) in [5, 5.41) is 6.14. The maximum atomic E-state index is 10.6. The Labute approximate surface area is 93.0 Å². The first-order chi connectivity index (χ1) is 7.09. The molecule has 0 saturated heterocycles. The predicted molar refractivity (Wildman–Crippen MR) is 60.8 cm³/mol. The van der Waals surface area contributed by atoms with Gasteiger partial charge in [0.25, 0.3) is 0 Å². The Hall–Kier alpha value is -1.49. The van der Waals surface area contributed by atoms with Gasteiger partial charge in [0.05, 0.1) is 10.7 Å². The molecule has 0 aliphatic carbocycles. The maximum Gasteiger partial charge on any atom is 0.216 e. The molecule has 15 heavy (non-hydrogen) atoms. The first-order valence-corrected chi connectivity index (χ1v) is 4.86. The van der Waals surface area contributed by atoms with Gasteiger partial charge < -0.3 is 16.4 Å². The van der Waals surface area contributed by atoms with E-state index in [0.29, 0.717) is 29.6 Å². The minimum Gasteiger partial charge on any atom is -0.396 e. The molecule has 5 nitrogen and oxygen atoms in total. The van der Waals surface area contributed by atoms with Crippen LogP contribution in [0.2, 0.25) is 5.02 Å². The fourth-order valence-electron chi connectivity index (χ4n) is 1.02. The molecular formula is C9H13ClN4O. The van der Waals surface area contributed by atoms with E-state index in [1.54, 1.807) is 6.07 Å². The summed E-state index contributed by atoms with van der Waals surface area (Å²) in [6.07, 6.45) is 1.51. The van der Waals surface area contributed by atoms with E-state index >= 15 is 0 Å². The summed E-state index contributed by atoms with van der Waals surface area (Å²) in [5.41, 5.74) is 6.16. The van der Waals surface area contributed by atoms with E-state index in [1.807, 2.05) is 0 Å². The van der Waals surface area contributed by atoms with Crippen molar-refractivity contribution in [1.29, 1.82) is 0 Å². The summed E-state index contributed by atoms with van der Waals surface area (Å²) in [5.74, 6) is 0.513. The Morgan fingerprint density at radius 2 is 2.33 bits per heavy atom. The summed E-state index contributed by atoms with van der Waals surface area (Å²) in [7, 11) is 0. The Balaban J connectivity index is 2.40. The van der Waals surface area contributed by atoms with E-state index < -0.39 is 0 Å². The zero-order valence-electron chi connectivity index (χ0n) is 8.38. The van der Waals surface area contributed by atoms with Gasteiger partial charge in [-0.3, -0.25) is 4.79 Å². The molecule has 0 saturated carbocycles. The largest absolute Gasteiger partial charge is 0.396 e. The van der Waals surface area contributed by atoms with Gasteiger partial charge in [0.2, 0.25) is 5.91 Å². The van der Waals surface area contributed by atoms with Crippen LogP contribution >= 0.6 is 11.6 Å². The first-order valence-electron chi connectivity index (χ1n) is 4.49. The van der Waals surface area contributed by atoms with Crippen molar-refractivity contribution in [2.75, 3.05) is 24.1 Å². The molecule has 1 heterocycles. The number of nitrogens with two attached hydrogens (primary N) is 1. The van der Waals surface area contributed by atoms with Crippen LogP contribution in [-0.4, -0.2) is 24.0 Å². The highest BCUT2D eigenvalue weighted by molar-refractivity contribution is 6.30. The van der Waals surface area contributed by atoms with Crippen molar-refractivity contribution in [3.05, 3.63) is 17.3 Å². The number of halogens is 1. The van der Waals surface area contributed by atoms with Gasteiger partial charge in [-0.2, -0.15) is 0 Å². The molecule has 0 atom stereocenters. The summed E-state index contributed by atoms with van der Waals surface area (Å²) >= 11 is 5.69. The van der Waals surface area contributed by atoms with Crippen molar-refractivity contribution in [3.8, 4) is 0 Å². The molecule has 0 radical (unpaired) electrons. The van der Waals surface area contributed by atoms with Gasteiger partial charge in [-0.15, -0.1) is 0 Å². The van der Waals surface area contributed by atoms with Gasteiger partial charge >= 0.3 is 0 Å². The standard InChI is InChI=1S/C9H13ClN4O/c1-6(15)12-2-3-13-9-8(11)4-7(10)5-14-9/h4-5H,2-3,11H2,1H3,(H,12,15)(H,13,14). The molecule has 1 amide bonds. The lowest BCUT2D eigenvalue weighted by molar-refractivity contribution is -0.118. The monoisotopic (exact) mass is 228 g/mol. The molecule has 1 rings (SSSR count). The fraction of sp³-hybridized carbons (Fsp3) is 0.333. The predicted octanol–water partition coefficient (Wildman–Crippen LogP) is 0.865. The summed E-state index contributed by atoms with van der Waals surface area (Å²) in [4.78, 5) is 14.6. The third kappa shape index (κ3) is 4.03. The normalized spacial score (nSPS) is 9.73. The van der Waals surface area contributed by atoms with E-state index in [0.717, 1.165) is 0 Å². The van der Waals surface area contributed by atoms with E-state index in [-0.39, 0.29) is 5.91 Å². The average Bonchev–Trinajstić information content (AvgIpc) is 2.14. The van der Waals surface area contributed by atoms with Crippen LogP contribution in [0.15, 0.2) is 12.3 Å². The number of amides is 1. The van der Waals surface area contributed by atoms with Crippen molar-refractivity contribution < 1.29 is 4.79 Å². The van der Waals surface area contributed by atoms with Crippen LogP contribution in [0.5, 0.6) is 0 Å². The zero-order chi connectivity index (χ0) is 11.3. The Kier molecular flexibility index (Phi) is 4.17. The number of pyridine rings is 1. The number of carbonyl (C=O) groups excluding carboxylic acids is 1. The minimum atomic E-state index is -0.0613. The molecule has 0 unspecified atom stereocenters. The van der Waals surface area contributed by atoms with Gasteiger partial charge in [-0.25, -0.2) is 4.98 Å². The zero-order valence-corrected chi connectivity index (χ0v) is 9.14. The number of rotatable bonds is 4. The molecule has 1 aromatic heterocycles. The molecular weight excluding hydrogens is 216 g/mol. The van der Waals surface area contributed by atoms with Crippen molar-refractivity contribution in [2.24, 2.45) is 0 Å². The minimum absolute atomic E-state index is 0.0613. The number of nitrogens with one attached hydrogen (secondary N) is 2. The van der Waals surface area contributed by atoms with E-state index in [1.165, 1.54) is 13.1 Å². The maximum absolute atomic E-state index is 10.6. The summed E-state index contributed by atoms with van der Waals surface area (Å²) in [6, 6.07) is 1.62. The number of aromatic nitrogens is 1. The average molecular weight is 229 g/mol. The lowest BCUT2D eigenvalue weighted by Crippen LogP contribution is -2.26. The molecule has 0 aromatic carbocycles. The molecule has 0 aliphatic heterocycles. The van der Waals surface area contributed by atoms with Crippen molar-refractivity contribution in [2.45, 2.75) is 6.92 Å². The number of carbonyl (C=O) groups is 1. The van der Waals surface area contributed by atoms with Crippen LogP contribution in [0.1, 0.15) is 6.92 Å². The molecule has 6 heteroatoms.